The third-order valence-electron chi connectivity index (χ3n) is 2.20. The molecule has 82 valence electrons. The molecule has 4 nitrogen and oxygen atoms in total. The van der Waals surface area contributed by atoms with E-state index in [1.54, 1.807) is 6.20 Å². The lowest BCUT2D eigenvalue weighted by molar-refractivity contribution is -0.118. The normalized spacial score (nSPS) is 12.6. The van der Waals surface area contributed by atoms with Crippen LogP contribution in [0.5, 0.6) is 0 Å². The molecule has 0 aliphatic carbocycles. The Hall–Kier alpha value is -1.42. The summed E-state index contributed by atoms with van der Waals surface area (Å²) < 4.78 is 0. The summed E-state index contributed by atoms with van der Waals surface area (Å²) >= 11 is 0. The summed E-state index contributed by atoms with van der Waals surface area (Å²) in [6, 6.07) is 3.18. The highest BCUT2D eigenvalue weighted by atomic mass is 16.2. The van der Waals surface area contributed by atoms with E-state index in [9.17, 15) is 4.79 Å². The first-order chi connectivity index (χ1) is 7.00. The van der Waals surface area contributed by atoms with Crippen LogP contribution in [0.1, 0.15) is 19.5 Å². The zero-order chi connectivity index (χ0) is 11.4. The fourth-order valence-electron chi connectivity index (χ4n) is 1.07. The Morgan fingerprint density at radius 2 is 2.13 bits per heavy atom. The first kappa shape index (κ1) is 11.7. The number of anilines is 1. The number of nitrogens with zero attached hydrogens (tertiary/aromatic N) is 1. The number of aromatic nitrogens is 1. The molecule has 1 unspecified atom stereocenters. The molecule has 1 atom stereocenters. The number of rotatable bonds is 3. The van der Waals surface area contributed by atoms with Gasteiger partial charge in [-0.3, -0.25) is 9.78 Å². The molecule has 4 heteroatoms. The summed E-state index contributed by atoms with van der Waals surface area (Å²) in [7, 11) is 0. The molecule has 1 rings (SSSR count). The maximum Gasteiger partial charge on any atom is 0.241 e. The van der Waals surface area contributed by atoms with Gasteiger partial charge >= 0.3 is 0 Å². The van der Waals surface area contributed by atoms with Crippen LogP contribution in [0.2, 0.25) is 0 Å². The topological polar surface area (TPSA) is 68.0 Å². The highest BCUT2D eigenvalue weighted by Gasteiger charge is 2.16. The fourth-order valence-corrected chi connectivity index (χ4v) is 1.07. The molecule has 15 heavy (non-hydrogen) atoms. The van der Waals surface area contributed by atoms with Crippen molar-refractivity contribution in [3.63, 3.8) is 0 Å². The predicted molar refractivity (Wildman–Crippen MR) is 60.4 cm³/mol. The summed E-state index contributed by atoms with van der Waals surface area (Å²) in [5.74, 6) is -0.0425. The van der Waals surface area contributed by atoms with E-state index in [2.05, 4.69) is 10.3 Å². The molecule has 1 aromatic heterocycles. The Balaban J connectivity index is 2.62. The van der Waals surface area contributed by atoms with Crippen molar-refractivity contribution in [3.05, 3.63) is 24.0 Å². The number of carbonyl (C=O) groups excluding carboxylic acids is 1. The first-order valence-corrected chi connectivity index (χ1v) is 5.00. The molecule has 0 spiro atoms. The zero-order valence-corrected chi connectivity index (χ0v) is 9.32. The maximum atomic E-state index is 11.6. The highest BCUT2D eigenvalue weighted by molar-refractivity contribution is 5.94. The van der Waals surface area contributed by atoms with E-state index < -0.39 is 6.04 Å². The van der Waals surface area contributed by atoms with Crippen LogP contribution >= 0.6 is 0 Å². The van der Waals surface area contributed by atoms with Crippen molar-refractivity contribution < 1.29 is 4.79 Å². The quantitative estimate of drug-likeness (QED) is 0.785. The van der Waals surface area contributed by atoms with E-state index in [1.165, 1.54) is 0 Å². The molecule has 0 aliphatic heterocycles. The number of nitrogens with one attached hydrogen (secondary N) is 1. The van der Waals surface area contributed by atoms with Gasteiger partial charge in [0, 0.05) is 5.69 Å². The Bertz CT molecular complexity index is 332. The van der Waals surface area contributed by atoms with E-state index in [0.717, 1.165) is 5.69 Å². The van der Waals surface area contributed by atoms with Gasteiger partial charge in [0.2, 0.25) is 5.91 Å². The SMILES string of the molecule is Cc1ccc(NC(=O)C(N)C(C)C)cn1. The van der Waals surface area contributed by atoms with Crippen LogP contribution in [0.15, 0.2) is 18.3 Å². The van der Waals surface area contributed by atoms with Gasteiger partial charge in [0.15, 0.2) is 0 Å². The minimum Gasteiger partial charge on any atom is -0.323 e. The van der Waals surface area contributed by atoms with Crippen molar-refractivity contribution in [2.45, 2.75) is 26.8 Å². The molecule has 3 N–H and O–H groups in total. The standard InChI is InChI=1S/C11H17N3O/c1-7(2)10(12)11(15)14-9-5-4-8(3)13-6-9/h4-7,10H,12H2,1-3H3,(H,14,15). The van der Waals surface area contributed by atoms with Gasteiger partial charge in [0.1, 0.15) is 0 Å². The van der Waals surface area contributed by atoms with E-state index in [1.807, 2.05) is 32.9 Å². The third kappa shape index (κ3) is 3.32. The molecule has 0 saturated heterocycles. The van der Waals surface area contributed by atoms with Crippen LogP contribution in [-0.2, 0) is 4.79 Å². The highest BCUT2D eigenvalue weighted by Crippen LogP contribution is 2.07. The molecule has 0 aromatic carbocycles. The second kappa shape index (κ2) is 4.89. The van der Waals surface area contributed by atoms with E-state index in [4.69, 9.17) is 5.73 Å². The van der Waals surface area contributed by atoms with E-state index >= 15 is 0 Å². The van der Waals surface area contributed by atoms with Crippen molar-refractivity contribution in [3.8, 4) is 0 Å². The van der Waals surface area contributed by atoms with Crippen molar-refractivity contribution in [2.75, 3.05) is 5.32 Å². The molecule has 0 radical (unpaired) electrons. The van der Waals surface area contributed by atoms with Crippen LogP contribution in [-0.4, -0.2) is 16.9 Å². The Labute approximate surface area is 89.9 Å². The number of hydrogen-bond acceptors (Lipinski definition) is 3. The molecule has 1 aromatic rings. The van der Waals surface area contributed by atoms with Gasteiger partial charge in [-0.15, -0.1) is 0 Å². The summed E-state index contributed by atoms with van der Waals surface area (Å²) in [6.07, 6.45) is 1.63. The van der Waals surface area contributed by atoms with E-state index in [0.29, 0.717) is 5.69 Å². The molecule has 1 amide bonds. The van der Waals surface area contributed by atoms with Gasteiger partial charge in [0.25, 0.3) is 0 Å². The molecular formula is C11H17N3O. The predicted octanol–water partition coefficient (Wildman–Crippen LogP) is 1.31. The lowest BCUT2D eigenvalue weighted by Gasteiger charge is -2.15. The minimum atomic E-state index is -0.480. The van der Waals surface area contributed by atoms with Crippen LogP contribution in [0.25, 0.3) is 0 Å². The van der Waals surface area contributed by atoms with Gasteiger partial charge in [0.05, 0.1) is 17.9 Å². The van der Waals surface area contributed by atoms with Crippen molar-refractivity contribution in [1.82, 2.24) is 4.98 Å². The number of aryl methyl sites for hydroxylation is 1. The van der Waals surface area contributed by atoms with Gasteiger partial charge < -0.3 is 11.1 Å². The van der Waals surface area contributed by atoms with Crippen LogP contribution in [0.3, 0.4) is 0 Å². The first-order valence-electron chi connectivity index (χ1n) is 5.00. The molecule has 0 fully saturated rings. The Morgan fingerprint density at radius 1 is 1.47 bits per heavy atom. The lowest BCUT2D eigenvalue weighted by Crippen LogP contribution is -2.39. The summed E-state index contributed by atoms with van der Waals surface area (Å²) in [6.45, 7) is 5.72. The molecule has 0 aliphatic rings. The van der Waals surface area contributed by atoms with Gasteiger partial charge in [-0.1, -0.05) is 13.8 Å². The average molecular weight is 207 g/mol. The maximum absolute atomic E-state index is 11.6. The monoisotopic (exact) mass is 207 g/mol. The Kier molecular flexibility index (Phi) is 3.80. The fraction of sp³-hybridized carbons (Fsp3) is 0.455. The number of carbonyl (C=O) groups is 1. The zero-order valence-electron chi connectivity index (χ0n) is 9.32. The van der Waals surface area contributed by atoms with Crippen LogP contribution in [0, 0.1) is 12.8 Å². The third-order valence-corrected chi connectivity index (χ3v) is 2.20. The number of amides is 1. The molecular weight excluding hydrogens is 190 g/mol. The molecule has 0 bridgehead atoms. The largest absolute Gasteiger partial charge is 0.323 e. The van der Waals surface area contributed by atoms with Gasteiger partial charge in [-0.2, -0.15) is 0 Å². The molecule has 1 heterocycles. The number of nitrogens with two attached hydrogens (primary N) is 1. The minimum absolute atomic E-state index is 0.128. The average Bonchev–Trinajstić information content (AvgIpc) is 2.20. The smallest absolute Gasteiger partial charge is 0.241 e. The number of pyridine rings is 1. The summed E-state index contributed by atoms with van der Waals surface area (Å²) in [5.41, 5.74) is 7.31. The van der Waals surface area contributed by atoms with Crippen molar-refractivity contribution >= 4 is 11.6 Å². The summed E-state index contributed by atoms with van der Waals surface area (Å²) in [5, 5.41) is 2.72. The van der Waals surface area contributed by atoms with Gasteiger partial charge in [-0.25, -0.2) is 0 Å². The van der Waals surface area contributed by atoms with Crippen molar-refractivity contribution in [2.24, 2.45) is 11.7 Å². The van der Waals surface area contributed by atoms with Gasteiger partial charge in [-0.05, 0) is 25.0 Å². The lowest BCUT2D eigenvalue weighted by atomic mass is 10.1. The van der Waals surface area contributed by atoms with Crippen molar-refractivity contribution in [1.29, 1.82) is 0 Å². The second-order valence-electron chi connectivity index (χ2n) is 3.95. The number of hydrogen-bond donors (Lipinski definition) is 2. The van der Waals surface area contributed by atoms with Crippen LogP contribution in [0.4, 0.5) is 5.69 Å². The van der Waals surface area contributed by atoms with Crippen LogP contribution < -0.4 is 11.1 Å². The molecule has 0 saturated carbocycles. The van der Waals surface area contributed by atoms with E-state index in [-0.39, 0.29) is 11.8 Å². The Morgan fingerprint density at radius 3 is 2.60 bits per heavy atom. The summed E-state index contributed by atoms with van der Waals surface area (Å²) in [4.78, 5) is 15.7. The second-order valence-corrected chi connectivity index (χ2v) is 3.95.